The van der Waals surface area contributed by atoms with Crippen LogP contribution < -0.4 is 0 Å². The van der Waals surface area contributed by atoms with Crippen molar-refractivity contribution in [1.82, 2.24) is 0 Å². The highest BCUT2D eigenvalue weighted by Crippen LogP contribution is 2.31. The molecule has 0 aliphatic carbocycles. The minimum atomic E-state index is -5.34. The van der Waals surface area contributed by atoms with Crippen molar-refractivity contribution in [3.8, 4) is 0 Å². The average molecular weight is 338 g/mol. The fraction of sp³-hybridized carbons (Fsp3) is 0.286. The zero-order valence-electron chi connectivity index (χ0n) is 11.8. The fourth-order valence-electron chi connectivity index (χ4n) is 1.37. The van der Waals surface area contributed by atoms with E-state index in [1.54, 1.807) is 13.8 Å². The van der Waals surface area contributed by atoms with Crippen molar-refractivity contribution in [3.05, 3.63) is 53.6 Å². The van der Waals surface area contributed by atoms with E-state index in [4.69, 9.17) is 0 Å². The molecule has 0 radical (unpaired) electrons. The van der Waals surface area contributed by atoms with Crippen molar-refractivity contribution >= 4 is 10.1 Å². The molecule has 0 spiro atoms. The lowest BCUT2D eigenvalue weighted by Gasteiger charge is -2.11. The summed E-state index contributed by atoms with van der Waals surface area (Å²) in [6.07, 6.45) is -3.25. The summed E-state index contributed by atoms with van der Waals surface area (Å²) in [6, 6.07) is 5.22. The lowest BCUT2D eigenvalue weighted by atomic mass is 10.2. The zero-order valence-corrected chi connectivity index (χ0v) is 12.6. The SMILES string of the molecule is CC/C=C/C(OS(=O)(=O)c1ccc(C)cc1)=C(/F)C(F)(F)F. The molecule has 1 aromatic rings. The van der Waals surface area contributed by atoms with Crippen molar-refractivity contribution < 1.29 is 30.2 Å². The van der Waals surface area contributed by atoms with Gasteiger partial charge in [0.05, 0.1) is 0 Å². The molecule has 0 aromatic heterocycles. The molecule has 3 nitrogen and oxygen atoms in total. The van der Waals surface area contributed by atoms with Crippen LogP contribution in [-0.2, 0) is 14.3 Å². The van der Waals surface area contributed by atoms with Gasteiger partial charge >= 0.3 is 16.3 Å². The zero-order chi connectivity index (χ0) is 17.0. The van der Waals surface area contributed by atoms with E-state index in [2.05, 4.69) is 4.18 Å². The molecule has 0 amide bonds. The molecular formula is C14H14F4O3S. The third kappa shape index (κ3) is 4.87. The van der Waals surface area contributed by atoms with Gasteiger partial charge in [0.1, 0.15) is 4.90 Å². The Bertz CT molecular complexity index is 671. The van der Waals surface area contributed by atoms with Gasteiger partial charge in [0.15, 0.2) is 5.76 Å². The van der Waals surface area contributed by atoms with Crippen LogP contribution in [0.15, 0.2) is 52.9 Å². The molecule has 1 rings (SSSR count). The first-order valence-electron chi connectivity index (χ1n) is 6.22. The number of aryl methyl sites for hydroxylation is 1. The van der Waals surface area contributed by atoms with Crippen LogP contribution in [0.4, 0.5) is 17.6 Å². The Balaban J connectivity index is 3.24. The van der Waals surface area contributed by atoms with Gasteiger partial charge in [-0.05, 0) is 31.6 Å². The Morgan fingerprint density at radius 2 is 1.77 bits per heavy atom. The van der Waals surface area contributed by atoms with Crippen LogP contribution in [0.25, 0.3) is 0 Å². The predicted octanol–water partition coefficient (Wildman–Crippen LogP) is 4.41. The largest absolute Gasteiger partial charge is 0.446 e. The summed E-state index contributed by atoms with van der Waals surface area (Å²) < 4.78 is 78.7. The molecular weight excluding hydrogens is 324 g/mol. The molecule has 8 heteroatoms. The van der Waals surface area contributed by atoms with E-state index in [9.17, 15) is 26.0 Å². The summed E-state index contributed by atoms with van der Waals surface area (Å²) in [5.41, 5.74) is 0.752. The van der Waals surface area contributed by atoms with Crippen molar-refractivity contribution in [2.45, 2.75) is 31.3 Å². The van der Waals surface area contributed by atoms with E-state index >= 15 is 0 Å². The van der Waals surface area contributed by atoms with E-state index < -0.39 is 27.9 Å². The molecule has 0 saturated carbocycles. The normalized spacial score (nSPS) is 14.1. The maximum atomic E-state index is 13.3. The van der Waals surface area contributed by atoms with Gasteiger partial charge in [-0.3, -0.25) is 0 Å². The molecule has 0 fully saturated rings. The Labute approximate surface area is 126 Å². The highest BCUT2D eigenvalue weighted by molar-refractivity contribution is 7.86. The van der Waals surface area contributed by atoms with Crippen LogP contribution in [0, 0.1) is 6.92 Å². The Morgan fingerprint density at radius 1 is 1.23 bits per heavy atom. The van der Waals surface area contributed by atoms with Gasteiger partial charge in [0.2, 0.25) is 5.83 Å². The van der Waals surface area contributed by atoms with Crippen LogP contribution >= 0.6 is 0 Å². The van der Waals surface area contributed by atoms with Gasteiger partial charge in [-0.25, -0.2) is 0 Å². The van der Waals surface area contributed by atoms with Gasteiger partial charge in [0, 0.05) is 0 Å². The lowest BCUT2D eigenvalue weighted by Crippen LogP contribution is -2.14. The van der Waals surface area contributed by atoms with Crippen LogP contribution in [0.5, 0.6) is 0 Å². The number of halogens is 4. The molecule has 0 heterocycles. The number of alkyl halides is 3. The summed E-state index contributed by atoms with van der Waals surface area (Å²) in [6.45, 7) is 3.30. The van der Waals surface area contributed by atoms with Crippen molar-refractivity contribution in [1.29, 1.82) is 0 Å². The Hall–Kier alpha value is -1.83. The molecule has 0 aliphatic heterocycles. The molecule has 122 valence electrons. The summed E-state index contributed by atoms with van der Waals surface area (Å²) in [5, 5.41) is 0. The molecule has 22 heavy (non-hydrogen) atoms. The second kappa shape index (κ2) is 6.95. The monoisotopic (exact) mass is 338 g/mol. The Kier molecular flexibility index (Phi) is 5.76. The lowest BCUT2D eigenvalue weighted by molar-refractivity contribution is -0.111. The number of hydrogen-bond donors (Lipinski definition) is 0. The van der Waals surface area contributed by atoms with Crippen LogP contribution in [-0.4, -0.2) is 14.6 Å². The van der Waals surface area contributed by atoms with Crippen LogP contribution in [0.1, 0.15) is 18.9 Å². The maximum Gasteiger partial charge on any atom is 0.446 e. The number of rotatable bonds is 5. The van der Waals surface area contributed by atoms with Gasteiger partial charge in [0.25, 0.3) is 0 Å². The standard InChI is InChI=1S/C14H14F4O3S/c1-3-4-5-12(13(15)14(16,17)18)21-22(19,20)11-8-6-10(2)7-9-11/h4-9H,3H2,1-2H3/b5-4+,13-12-. The first-order chi connectivity index (χ1) is 10.1. The highest BCUT2D eigenvalue weighted by atomic mass is 32.2. The number of hydrogen-bond acceptors (Lipinski definition) is 3. The highest BCUT2D eigenvalue weighted by Gasteiger charge is 2.39. The molecule has 1 aromatic carbocycles. The van der Waals surface area contributed by atoms with Gasteiger partial charge in [-0.15, -0.1) is 0 Å². The fourth-order valence-corrected chi connectivity index (χ4v) is 2.30. The molecule has 0 unspecified atom stereocenters. The minimum Gasteiger partial charge on any atom is -0.376 e. The van der Waals surface area contributed by atoms with Gasteiger partial charge in [-0.2, -0.15) is 26.0 Å². The summed E-state index contributed by atoms with van der Waals surface area (Å²) in [4.78, 5) is -0.365. The van der Waals surface area contributed by atoms with Crippen molar-refractivity contribution in [2.75, 3.05) is 0 Å². The van der Waals surface area contributed by atoms with E-state index in [1.165, 1.54) is 12.1 Å². The summed E-state index contributed by atoms with van der Waals surface area (Å²) in [5.74, 6) is -4.00. The quantitative estimate of drug-likeness (QED) is 0.346. The van der Waals surface area contributed by atoms with Gasteiger partial charge < -0.3 is 4.18 Å². The second-order valence-electron chi connectivity index (χ2n) is 4.34. The van der Waals surface area contributed by atoms with Crippen molar-refractivity contribution in [3.63, 3.8) is 0 Å². The predicted molar refractivity (Wildman–Crippen MR) is 73.1 cm³/mol. The number of allylic oxidation sites excluding steroid dienone is 3. The first-order valence-corrected chi connectivity index (χ1v) is 7.63. The molecule has 0 bridgehead atoms. The third-order valence-electron chi connectivity index (χ3n) is 2.48. The molecule has 0 N–H and O–H groups in total. The Morgan fingerprint density at radius 3 is 2.23 bits per heavy atom. The van der Waals surface area contributed by atoms with Gasteiger partial charge in [-0.1, -0.05) is 30.7 Å². The summed E-state index contributed by atoms with van der Waals surface area (Å²) >= 11 is 0. The van der Waals surface area contributed by atoms with Crippen LogP contribution in [0.3, 0.4) is 0 Å². The van der Waals surface area contributed by atoms with E-state index in [-0.39, 0.29) is 11.3 Å². The molecule has 0 atom stereocenters. The summed E-state index contributed by atoms with van der Waals surface area (Å²) in [7, 11) is -4.56. The topological polar surface area (TPSA) is 43.4 Å². The van der Waals surface area contributed by atoms with E-state index in [0.717, 1.165) is 23.8 Å². The van der Waals surface area contributed by atoms with E-state index in [0.29, 0.717) is 6.08 Å². The second-order valence-corrected chi connectivity index (χ2v) is 5.88. The van der Waals surface area contributed by atoms with Crippen molar-refractivity contribution in [2.24, 2.45) is 0 Å². The average Bonchev–Trinajstić information content (AvgIpc) is 2.42. The number of benzene rings is 1. The first kappa shape index (κ1) is 18.2. The minimum absolute atomic E-state index is 0.280. The maximum absolute atomic E-state index is 13.3. The third-order valence-corrected chi connectivity index (χ3v) is 3.73. The smallest absolute Gasteiger partial charge is 0.376 e. The molecule has 0 saturated heterocycles. The van der Waals surface area contributed by atoms with E-state index in [1.807, 2.05) is 0 Å². The van der Waals surface area contributed by atoms with Crippen LogP contribution in [0.2, 0.25) is 0 Å². The molecule has 0 aliphatic rings.